The molecule has 0 saturated heterocycles. The first-order valence-corrected chi connectivity index (χ1v) is 4.86. The van der Waals surface area contributed by atoms with E-state index in [1.54, 1.807) is 6.92 Å². The van der Waals surface area contributed by atoms with Crippen LogP contribution >= 0.6 is 0 Å². The molecule has 0 aliphatic rings. The zero-order valence-electron chi connectivity index (χ0n) is 9.24. The van der Waals surface area contributed by atoms with Gasteiger partial charge in [0.05, 0.1) is 18.7 Å². The Bertz CT molecular complexity index is 409. The van der Waals surface area contributed by atoms with Gasteiger partial charge in [-0.3, -0.25) is 4.99 Å². The molecule has 0 amide bonds. The van der Waals surface area contributed by atoms with Gasteiger partial charge in [0, 0.05) is 18.5 Å². The van der Waals surface area contributed by atoms with Crippen LogP contribution < -0.4 is 4.74 Å². The van der Waals surface area contributed by atoms with E-state index >= 15 is 0 Å². The summed E-state index contributed by atoms with van der Waals surface area (Å²) >= 11 is 0. The van der Waals surface area contributed by atoms with Gasteiger partial charge in [0.15, 0.2) is 0 Å². The highest BCUT2D eigenvalue weighted by Gasteiger charge is 2.30. The van der Waals surface area contributed by atoms with Gasteiger partial charge in [-0.25, -0.2) is 4.68 Å². The molecule has 0 unspecified atom stereocenters. The van der Waals surface area contributed by atoms with Crippen molar-refractivity contribution < 1.29 is 17.9 Å². The van der Waals surface area contributed by atoms with Gasteiger partial charge in [-0.15, -0.1) is 5.10 Å². The van der Waals surface area contributed by atoms with Crippen LogP contribution in [0, 0.1) is 0 Å². The Kier molecular flexibility index (Phi) is 4.30. The second kappa shape index (κ2) is 5.51. The van der Waals surface area contributed by atoms with Crippen molar-refractivity contribution in [1.29, 1.82) is 0 Å². The summed E-state index contributed by atoms with van der Waals surface area (Å²) in [6.07, 6.45) is -2.83. The molecule has 0 spiro atoms. The van der Waals surface area contributed by atoms with Crippen molar-refractivity contribution in [1.82, 2.24) is 9.78 Å². The number of alkyl halides is 3. The fourth-order valence-corrected chi connectivity index (χ4v) is 1.20. The van der Waals surface area contributed by atoms with Crippen LogP contribution in [-0.4, -0.2) is 29.3 Å². The van der Waals surface area contributed by atoms with Crippen LogP contribution in [0.3, 0.4) is 0 Å². The van der Waals surface area contributed by atoms with Gasteiger partial charge in [0.2, 0.25) is 5.88 Å². The molecule has 0 radical (unpaired) electrons. The third-order valence-corrected chi connectivity index (χ3v) is 1.78. The number of aliphatic imine (C=N–C) groups is 1. The van der Waals surface area contributed by atoms with E-state index in [9.17, 15) is 13.2 Å². The van der Waals surface area contributed by atoms with E-state index in [-0.39, 0.29) is 11.6 Å². The molecule has 1 heterocycles. The normalized spacial score (nSPS) is 12.0. The smallest absolute Gasteiger partial charge is 0.394 e. The molecule has 17 heavy (non-hydrogen) atoms. The summed E-state index contributed by atoms with van der Waals surface area (Å²) in [5, 5.41) is 3.84. The van der Waals surface area contributed by atoms with E-state index in [0.29, 0.717) is 6.61 Å². The van der Waals surface area contributed by atoms with Crippen molar-refractivity contribution in [2.75, 3.05) is 6.61 Å². The standard InChI is InChI=1S/C10H12F3N3O/c1-3-17-9-6-8(7-10(11,12)13)16(15-9)5-4-14-2/h4-6H,2-3,7H2,1H3/b5-4+. The second-order valence-corrected chi connectivity index (χ2v) is 3.12. The van der Waals surface area contributed by atoms with Gasteiger partial charge < -0.3 is 4.74 Å². The number of rotatable bonds is 5. The maximum atomic E-state index is 12.3. The fourth-order valence-electron chi connectivity index (χ4n) is 1.20. The Morgan fingerprint density at radius 1 is 1.59 bits per heavy atom. The first-order valence-electron chi connectivity index (χ1n) is 4.86. The van der Waals surface area contributed by atoms with Crippen LogP contribution in [0.4, 0.5) is 13.2 Å². The summed E-state index contributed by atoms with van der Waals surface area (Å²) < 4.78 is 43.0. The van der Waals surface area contributed by atoms with Crippen LogP contribution in [0.15, 0.2) is 17.3 Å². The van der Waals surface area contributed by atoms with Crippen LogP contribution in [0.2, 0.25) is 0 Å². The summed E-state index contributed by atoms with van der Waals surface area (Å²) in [5.41, 5.74) is -0.0131. The van der Waals surface area contributed by atoms with E-state index in [1.165, 1.54) is 18.5 Å². The van der Waals surface area contributed by atoms with Gasteiger partial charge in [0.1, 0.15) is 0 Å². The van der Waals surface area contributed by atoms with E-state index < -0.39 is 12.6 Å². The van der Waals surface area contributed by atoms with Crippen LogP contribution in [0.25, 0.3) is 6.20 Å². The zero-order valence-corrected chi connectivity index (χ0v) is 9.24. The molecule has 0 N–H and O–H groups in total. The van der Waals surface area contributed by atoms with Crippen molar-refractivity contribution >= 4 is 12.9 Å². The Balaban J connectivity index is 2.98. The summed E-state index contributed by atoms with van der Waals surface area (Å²) in [6, 6.07) is 1.25. The summed E-state index contributed by atoms with van der Waals surface area (Å²) in [5.74, 6) is 0.153. The molecule has 0 saturated carbocycles. The average Bonchev–Trinajstić information content (AvgIpc) is 2.55. The molecule has 1 rings (SSSR count). The van der Waals surface area contributed by atoms with Gasteiger partial charge in [-0.2, -0.15) is 13.2 Å². The van der Waals surface area contributed by atoms with Gasteiger partial charge in [-0.1, -0.05) is 0 Å². The third kappa shape index (κ3) is 4.29. The Morgan fingerprint density at radius 3 is 2.82 bits per heavy atom. The average molecular weight is 247 g/mol. The quantitative estimate of drug-likeness (QED) is 0.750. The maximum Gasteiger partial charge on any atom is 0.394 e. The molecule has 1 aromatic rings. The number of hydrogen-bond acceptors (Lipinski definition) is 3. The molecule has 0 aromatic carbocycles. The van der Waals surface area contributed by atoms with Crippen molar-refractivity contribution in [3.63, 3.8) is 0 Å². The number of nitrogens with zero attached hydrogens (tertiary/aromatic N) is 3. The van der Waals surface area contributed by atoms with Gasteiger partial charge in [0.25, 0.3) is 0 Å². The molecule has 0 aliphatic heterocycles. The van der Waals surface area contributed by atoms with Crippen molar-refractivity contribution in [3.05, 3.63) is 18.0 Å². The zero-order chi connectivity index (χ0) is 12.9. The molecule has 94 valence electrons. The first-order chi connectivity index (χ1) is 7.96. The van der Waals surface area contributed by atoms with Gasteiger partial charge >= 0.3 is 6.18 Å². The molecule has 0 bridgehead atoms. The Hall–Kier alpha value is -1.79. The SMILES string of the molecule is C=N/C=C/n1nc(OCC)cc1CC(F)(F)F. The van der Waals surface area contributed by atoms with E-state index in [1.807, 2.05) is 0 Å². The lowest BCUT2D eigenvalue weighted by atomic mass is 10.3. The highest BCUT2D eigenvalue weighted by Crippen LogP contribution is 2.23. The molecule has 1 aromatic heterocycles. The maximum absolute atomic E-state index is 12.3. The lowest BCUT2D eigenvalue weighted by Crippen LogP contribution is -2.14. The topological polar surface area (TPSA) is 39.4 Å². The number of halogens is 3. The minimum Gasteiger partial charge on any atom is -0.477 e. The van der Waals surface area contributed by atoms with Crippen LogP contribution in [-0.2, 0) is 6.42 Å². The predicted molar refractivity (Wildman–Crippen MR) is 58.0 cm³/mol. The lowest BCUT2D eigenvalue weighted by Gasteiger charge is -2.05. The highest BCUT2D eigenvalue weighted by molar-refractivity contribution is 5.33. The summed E-state index contributed by atoms with van der Waals surface area (Å²) in [4.78, 5) is 3.41. The number of hydrogen-bond donors (Lipinski definition) is 0. The van der Waals surface area contributed by atoms with Crippen molar-refractivity contribution in [3.8, 4) is 5.88 Å². The molecule has 0 fully saturated rings. The summed E-state index contributed by atoms with van der Waals surface area (Å²) in [7, 11) is 0. The monoisotopic (exact) mass is 247 g/mol. The number of aromatic nitrogens is 2. The molecule has 7 heteroatoms. The minimum atomic E-state index is -4.29. The highest BCUT2D eigenvalue weighted by atomic mass is 19.4. The third-order valence-electron chi connectivity index (χ3n) is 1.78. The lowest BCUT2D eigenvalue weighted by molar-refractivity contribution is -0.128. The van der Waals surface area contributed by atoms with Crippen molar-refractivity contribution in [2.24, 2.45) is 4.99 Å². The summed E-state index contributed by atoms with van der Waals surface area (Å²) in [6.45, 7) is 5.26. The molecular formula is C10H12F3N3O. The largest absolute Gasteiger partial charge is 0.477 e. The second-order valence-electron chi connectivity index (χ2n) is 3.12. The Morgan fingerprint density at radius 2 is 2.29 bits per heavy atom. The molecule has 0 atom stereocenters. The first kappa shape index (κ1) is 13.3. The molecular weight excluding hydrogens is 235 g/mol. The number of ether oxygens (including phenoxy) is 1. The van der Waals surface area contributed by atoms with E-state index in [0.717, 1.165) is 4.68 Å². The van der Waals surface area contributed by atoms with Crippen LogP contribution in [0.1, 0.15) is 12.6 Å². The molecule has 0 aliphatic carbocycles. The van der Waals surface area contributed by atoms with Crippen molar-refractivity contribution in [2.45, 2.75) is 19.5 Å². The van der Waals surface area contributed by atoms with Gasteiger partial charge in [-0.05, 0) is 13.6 Å². The Labute approximate surface area is 96.4 Å². The van der Waals surface area contributed by atoms with E-state index in [4.69, 9.17) is 4.74 Å². The fraction of sp³-hybridized carbons (Fsp3) is 0.400. The van der Waals surface area contributed by atoms with E-state index in [2.05, 4.69) is 16.8 Å². The predicted octanol–water partition coefficient (Wildman–Crippen LogP) is 2.52. The minimum absolute atomic E-state index is 0.0131. The van der Waals surface area contributed by atoms with Crippen LogP contribution in [0.5, 0.6) is 5.88 Å². The molecule has 4 nitrogen and oxygen atoms in total.